The van der Waals surface area contributed by atoms with Crippen molar-refractivity contribution >= 4 is 11.8 Å². The third-order valence-corrected chi connectivity index (χ3v) is 6.42. The maximum absolute atomic E-state index is 13.3. The first kappa shape index (κ1) is 23.8. The van der Waals surface area contributed by atoms with E-state index in [1.165, 1.54) is 0 Å². The first-order chi connectivity index (χ1) is 15.4. The number of benzene rings is 1. The molecule has 1 saturated heterocycles. The average Bonchev–Trinajstić information content (AvgIpc) is 3.11. The lowest BCUT2D eigenvalue weighted by atomic mass is 10.1. The van der Waals surface area contributed by atoms with E-state index in [9.17, 15) is 14.4 Å². The van der Waals surface area contributed by atoms with E-state index in [2.05, 4.69) is 0 Å². The van der Waals surface area contributed by atoms with Crippen molar-refractivity contribution in [1.82, 2.24) is 14.4 Å². The summed E-state index contributed by atoms with van der Waals surface area (Å²) >= 11 is 0. The second kappa shape index (κ2) is 11.1. The monoisotopic (exact) mass is 437 g/mol. The highest BCUT2D eigenvalue weighted by atomic mass is 16.2. The van der Waals surface area contributed by atoms with Crippen LogP contribution in [0.15, 0.2) is 47.5 Å². The zero-order chi connectivity index (χ0) is 23.1. The van der Waals surface area contributed by atoms with Gasteiger partial charge in [-0.1, -0.05) is 50.1 Å². The molecule has 172 valence electrons. The fourth-order valence-corrected chi connectivity index (χ4v) is 4.06. The first-order valence-electron chi connectivity index (χ1n) is 11.8. The Hall–Kier alpha value is -2.89. The van der Waals surface area contributed by atoms with Crippen LogP contribution in [-0.4, -0.2) is 52.9 Å². The number of pyridine rings is 1. The lowest BCUT2D eigenvalue weighted by molar-refractivity contribution is 0.0759. The Bertz CT molecular complexity index is 976. The fourth-order valence-electron chi connectivity index (χ4n) is 4.06. The molecule has 2 aromatic rings. The van der Waals surface area contributed by atoms with E-state index < -0.39 is 5.43 Å². The number of likely N-dealkylation sites (N-methyl/N-ethyl adjacent to an activating group) is 1. The Morgan fingerprint density at radius 3 is 2.25 bits per heavy atom. The minimum Gasteiger partial charge on any atom is -0.350 e. The molecule has 1 unspecified atom stereocenters. The van der Waals surface area contributed by atoms with Gasteiger partial charge in [-0.2, -0.15) is 0 Å². The van der Waals surface area contributed by atoms with Crippen LogP contribution in [0.1, 0.15) is 78.3 Å². The molecular formula is C26H35N3O3. The maximum atomic E-state index is 13.3. The van der Waals surface area contributed by atoms with Crippen LogP contribution in [0.5, 0.6) is 0 Å². The van der Waals surface area contributed by atoms with Gasteiger partial charge in [0.1, 0.15) is 11.1 Å². The molecule has 1 aliphatic heterocycles. The minimum absolute atomic E-state index is 0.0709. The van der Waals surface area contributed by atoms with E-state index in [0.717, 1.165) is 37.7 Å². The molecule has 32 heavy (non-hydrogen) atoms. The number of nitrogens with zero attached hydrogens (tertiary/aromatic N) is 3. The summed E-state index contributed by atoms with van der Waals surface area (Å²) in [6.45, 7) is 5.90. The number of likely N-dealkylation sites (tertiary alicyclic amines) is 1. The van der Waals surface area contributed by atoms with E-state index in [0.29, 0.717) is 26.1 Å². The highest BCUT2D eigenvalue weighted by Gasteiger charge is 2.26. The number of aromatic nitrogens is 1. The molecule has 6 nitrogen and oxygen atoms in total. The highest BCUT2D eigenvalue weighted by molar-refractivity contribution is 5.99. The molecule has 2 amide bonds. The summed E-state index contributed by atoms with van der Waals surface area (Å²) in [5.74, 6) is -0.593. The van der Waals surface area contributed by atoms with E-state index in [1.54, 1.807) is 29.2 Å². The minimum atomic E-state index is -0.463. The third kappa shape index (κ3) is 5.67. The number of carbonyl (C=O) groups excluding carboxylic acids is 2. The van der Waals surface area contributed by atoms with Crippen molar-refractivity contribution in [3.63, 3.8) is 0 Å². The second-order valence-corrected chi connectivity index (χ2v) is 8.79. The number of carbonyl (C=O) groups is 2. The van der Waals surface area contributed by atoms with Crippen LogP contribution in [0.3, 0.4) is 0 Å². The van der Waals surface area contributed by atoms with Gasteiger partial charge in [0.15, 0.2) is 0 Å². The number of hydrogen-bond donors (Lipinski definition) is 0. The number of amides is 2. The van der Waals surface area contributed by atoms with Gasteiger partial charge in [0, 0.05) is 45.1 Å². The molecule has 0 radical (unpaired) electrons. The molecule has 0 bridgehead atoms. The van der Waals surface area contributed by atoms with Crippen LogP contribution < -0.4 is 5.43 Å². The second-order valence-electron chi connectivity index (χ2n) is 8.79. The average molecular weight is 438 g/mol. The Morgan fingerprint density at radius 1 is 1.00 bits per heavy atom. The molecule has 1 aromatic carbocycles. The molecule has 2 heterocycles. The quantitative estimate of drug-likeness (QED) is 0.654. The van der Waals surface area contributed by atoms with Gasteiger partial charge >= 0.3 is 0 Å². The van der Waals surface area contributed by atoms with Crippen molar-refractivity contribution in [3.05, 3.63) is 69.6 Å². The van der Waals surface area contributed by atoms with E-state index >= 15 is 0 Å². The Kier molecular flexibility index (Phi) is 8.26. The Morgan fingerprint density at radius 2 is 1.62 bits per heavy atom. The van der Waals surface area contributed by atoms with Crippen molar-refractivity contribution in [2.24, 2.45) is 0 Å². The van der Waals surface area contributed by atoms with Gasteiger partial charge < -0.3 is 14.4 Å². The lowest BCUT2D eigenvalue weighted by Crippen LogP contribution is -2.39. The normalized spacial score (nSPS) is 15.2. The van der Waals surface area contributed by atoms with Gasteiger partial charge in [0.25, 0.3) is 11.8 Å². The molecule has 3 rings (SSSR count). The number of hydrogen-bond acceptors (Lipinski definition) is 3. The maximum Gasteiger partial charge on any atom is 0.259 e. The standard InChI is InChI=1S/C26H35N3O3/c1-4-20(2)29-18-22(25(31)27(3)17-14-21-12-8-7-9-13-21)24(30)23(19-29)26(32)28-15-10-5-6-11-16-28/h7-9,12-13,18-20H,4-6,10-11,14-17H2,1-3H3. The summed E-state index contributed by atoms with van der Waals surface area (Å²) in [7, 11) is 1.71. The van der Waals surface area contributed by atoms with Crippen LogP contribution in [-0.2, 0) is 6.42 Å². The largest absolute Gasteiger partial charge is 0.350 e. The predicted octanol–water partition coefficient (Wildman–Crippen LogP) is 4.15. The van der Waals surface area contributed by atoms with Crippen LogP contribution in [0.25, 0.3) is 0 Å². The van der Waals surface area contributed by atoms with Crippen LogP contribution >= 0.6 is 0 Å². The van der Waals surface area contributed by atoms with Gasteiger partial charge in [-0.3, -0.25) is 14.4 Å². The van der Waals surface area contributed by atoms with Crippen LogP contribution in [0.2, 0.25) is 0 Å². The molecule has 0 spiro atoms. The summed E-state index contributed by atoms with van der Waals surface area (Å²) in [5.41, 5.74) is 0.848. The molecule has 0 aliphatic carbocycles. The summed E-state index contributed by atoms with van der Waals surface area (Å²) in [5, 5.41) is 0. The van der Waals surface area contributed by atoms with Crippen LogP contribution in [0.4, 0.5) is 0 Å². The van der Waals surface area contributed by atoms with Crippen LogP contribution in [0, 0.1) is 0 Å². The van der Waals surface area contributed by atoms with Crippen molar-refractivity contribution in [2.75, 3.05) is 26.7 Å². The van der Waals surface area contributed by atoms with Gasteiger partial charge in [0.05, 0.1) is 0 Å². The summed E-state index contributed by atoms with van der Waals surface area (Å²) in [6.07, 6.45) is 8.91. The Labute approximate surface area is 190 Å². The lowest BCUT2D eigenvalue weighted by Gasteiger charge is -2.23. The summed E-state index contributed by atoms with van der Waals surface area (Å²) < 4.78 is 1.85. The van der Waals surface area contributed by atoms with Gasteiger partial charge in [0.2, 0.25) is 5.43 Å². The van der Waals surface area contributed by atoms with Gasteiger partial charge in [-0.25, -0.2) is 0 Å². The van der Waals surface area contributed by atoms with Crippen molar-refractivity contribution in [3.8, 4) is 0 Å². The predicted molar refractivity (Wildman–Crippen MR) is 127 cm³/mol. The Balaban J connectivity index is 1.89. The zero-order valence-electron chi connectivity index (χ0n) is 19.5. The van der Waals surface area contributed by atoms with Crippen molar-refractivity contribution in [1.29, 1.82) is 0 Å². The SMILES string of the molecule is CCC(C)n1cc(C(=O)N(C)CCc2ccccc2)c(=O)c(C(=O)N2CCCCCC2)c1. The van der Waals surface area contributed by atoms with Gasteiger partial charge in [-0.05, 0) is 38.2 Å². The van der Waals surface area contributed by atoms with Crippen molar-refractivity contribution in [2.45, 2.75) is 58.4 Å². The molecule has 6 heteroatoms. The molecule has 0 N–H and O–H groups in total. The summed E-state index contributed by atoms with van der Waals surface area (Å²) in [6, 6.07) is 10.0. The first-order valence-corrected chi connectivity index (χ1v) is 11.8. The molecule has 0 saturated carbocycles. The summed E-state index contributed by atoms with van der Waals surface area (Å²) in [4.78, 5) is 43.2. The van der Waals surface area contributed by atoms with E-state index in [-0.39, 0.29) is 29.0 Å². The molecule has 1 atom stereocenters. The fraction of sp³-hybridized carbons (Fsp3) is 0.500. The molecular weight excluding hydrogens is 402 g/mol. The topological polar surface area (TPSA) is 62.6 Å². The molecule has 1 fully saturated rings. The van der Waals surface area contributed by atoms with Gasteiger partial charge in [-0.15, -0.1) is 0 Å². The highest BCUT2D eigenvalue weighted by Crippen LogP contribution is 2.16. The third-order valence-electron chi connectivity index (χ3n) is 6.42. The van der Waals surface area contributed by atoms with E-state index in [4.69, 9.17) is 0 Å². The van der Waals surface area contributed by atoms with E-state index in [1.807, 2.05) is 48.7 Å². The molecule has 1 aliphatic rings. The van der Waals surface area contributed by atoms with Crippen molar-refractivity contribution < 1.29 is 9.59 Å². The zero-order valence-corrected chi connectivity index (χ0v) is 19.5. The number of rotatable bonds is 7. The molecule has 1 aromatic heterocycles. The smallest absolute Gasteiger partial charge is 0.259 e.